The first kappa shape index (κ1) is 11.7. The highest BCUT2D eigenvalue weighted by Gasteiger charge is 2.59. The van der Waals surface area contributed by atoms with Crippen molar-refractivity contribution in [3.05, 3.63) is 0 Å². The first-order chi connectivity index (χ1) is 6.25. The van der Waals surface area contributed by atoms with Crippen LogP contribution in [0.5, 0.6) is 0 Å². The van der Waals surface area contributed by atoms with E-state index in [2.05, 4.69) is 4.74 Å². The fourth-order valence-corrected chi connectivity index (χ4v) is 0.536. The van der Waals surface area contributed by atoms with Crippen LogP contribution in [0.25, 0.3) is 0 Å². The zero-order chi connectivity index (χ0) is 11.5. The molecule has 78 valence electrons. The minimum absolute atomic E-state index is 2.32. The Morgan fingerprint density at radius 2 is 1.07 bits per heavy atom. The molecule has 0 atom stereocenters. The number of hydrogen-bond acceptors (Lipinski definition) is 5. The van der Waals surface area contributed by atoms with E-state index in [1.54, 1.807) is 0 Å². The second kappa shape index (κ2) is 3.60. The summed E-state index contributed by atoms with van der Waals surface area (Å²) in [5.74, 6) is -7.33. The first-order valence-corrected chi connectivity index (χ1v) is 2.87. The number of hydrogen-bond donors (Lipinski definition) is 4. The molecule has 0 saturated carbocycles. The molecule has 0 aliphatic heterocycles. The van der Waals surface area contributed by atoms with Gasteiger partial charge in [0, 0.05) is 0 Å². The predicted octanol–water partition coefficient (Wildman–Crippen LogP) is -1.33. The maximum absolute atomic E-state index is 10.3. The Kier molecular flexibility index (Phi) is 3.00. The van der Waals surface area contributed by atoms with Crippen LogP contribution in [0.3, 0.4) is 0 Å². The molecule has 0 amide bonds. The Morgan fingerprint density at radius 3 is 1.14 bits per heavy atom. The number of aliphatic carboxylic acids is 3. The Balaban J connectivity index is 5.38. The monoisotopic (exact) mass is 208 g/mol. The van der Waals surface area contributed by atoms with Crippen molar-refractivity contribution in [3.63, 3.8) is 0 Å². The molecule has 0 aliphatic carbocycles. The molecule has 0 fully saturated rings. The summed E-state index contributed by atoms with van der Waals surface area (Å²) in [6, 6.07) is 0. The van der Waals surface area contributed by atoms with Crippen molar-refractivity contribution in [2.75, 3.05) is 0 Å². The van der Waals surface area contributed by atoms with Gasteiger partial charge >= 0.3 is 29.7 Å². The number of ether oxygens (including phenoxy) is 1. The molecule has 4 N–H and O–H groups in total. The molecule has 0 radical (unpaired) electrons. The van der Waals surface area contributed by atoms with E-state index in [4.69, 9.17) is 20.4 Å². The highest BCUT2D eigenvalue weighted by atomic mass is 16.7. The van der Waals surface area contributed by atoms with Crippen LogP contribution in [-0.4, -0.2) is 50.1 Å². The molecule has 9 nitrogen and oxygen atoms in total. The predicted molar refractivity (Wildman–Crippen MR) is 34.7 cm³/mol. The summed E-state index contributed by atoms with van der Waals surface area (Å²) in [6.07, 6.45) is -2.32. The van der Waals surface area contributed by atoms with E-state index in [1.807, 2.05) is 0 Å². The summed E-state index contributed by atoms with van der Waals surface area (Å²) in [7, 11) is 0. The van der Waals surface area contributed by atoms with Crippen molar-refractivity contribution in [2.45, 2.75) is 5.60 Å². The Labute approximate surface area is 75.1 Å². The fraction of sp³-hybridized carbons (Fsp3) is 0.200. The highest BCUT2D eigenvalue weighted by molar-refractivity contribution is 6.21. The Hall–Kier alpha value is -2.32. The number of rotatable bonds is 4. The molecule has 0 bridgehead atoms. The largest absolute Gasteiger partial charge is 0.508 e. The van der Waals surface area contributed by atoms with Crippen molar-refractivity contribution in [3.8, 4) is 0 Å². The van der Waals surface area contributed by atoms with Gasteiger partial charge in [0.15, 0.2) is 0 Å². The molecule has 0 aromatic heterocycles. The average Bonchev–Trinajstić information content (AvgIpc) is 1.97. The molecule has 14 heavy (non-hydrogen) atoms. The van der Waals surface area contributed by atoms with E-state index >= 15 is 0 Å². The molecular weight excluding hydrogens is 204 g/mol. The third kappa shape index (κ3) is 1.71. The fourth-order valence-electron chi connectivity index (χ4n) is 0.536. The molecule has 0 rings (SSSR count). The van der Waals surface area contributed by atoms with Crippen molar-refractivity contribution in [1.82, 2.24) is 0 Å². The molecule has 0 unspecified atom stereocenters. The number of carboxylic acids is 3. The van der Waals surface area contributed by atoms with Crippen LogP contribution in [0, 0.1) is 0 Å². The Morgan fingerprint density at radius 1 is 0.786 bits per heavy atom. The molecule has 9 heteroatoms. The van der Waals surface area contributed by atoms with Gasteiger partial charge in [-0.25, -0.2) is 19.2 Å². The first-order valence-electron chi connectivity index (χ1n) is 2.87. The van der Waals surface area contributed by atoms with Crippen LogP contribution in [-0.2, 0) is 19.1 Å². The molecule has 0 aromatic carbocycles. The second-order valence-corrected chi connectivity index (χ2v) is 1.96. The van der Waals surface area contributed by atoms with Gasteiger partial charge in [0.1, 0.15) is 0 Å². The molecule has 0 heterocycles. The molecule has 0 aliphatic rings. The van der Waals surface area contributed by atoms with Gasteiger partial charge < -0.3 is 25.2 Å². The van der Waals surface area contributed by atoms with Gasteiger partial charge in [-0.05, 0) is 0 Å². The minimum atomic E-state index is -3.83. The lowest BCUT2D eigenvalue weighted by molar-refractivity contribution is -0.188. The van der Waals surface area contributed by atoms with Gasteiger partial charge in [0.2, 0.25) is 0 Å². The second-order valence-electron chi connectivity index (χ2n) is 1.96. The van der Waals surface area contributed by atoms with Gasteiger partial charge in [-0.2, -0.15) is 0 Å². The average molecular weight is 208 g/mol. The van der Waals surface area contributed by atoms with Crippen LogP contribution in [0.4, 0.5) is 4.79 Å². The lowest BCUT2D eigenvalue weighted by Gasteiger charge is -2.17. The third-order valence-electron chi connectivity index (χ3n) is 1.14. The van der Waals surface area contributed by atoms with Crippen molar-refractivity contribution < 1.29 is 44.3 Å². The summed E-state index contributed by atoms with van der Waals surface area (Å²) in [4.78, 5) is 40.8. The molecular formula is C5H4O9. The summed E-state index contributed by atoms with van der Waals surface area (Å²) >= 11 is 0. The number of carbonyl (C=O) groups is 4. The zero-order valence-corrected chi connectivity index (χ0v) is 6.33. The van der Waals surface area contributed by atoms with E-state index in [-0.39, 0.29) is 0 Å². The third-order valence-corrected chi connectivity index (χ3v) is 1.14. The maximum Gasteiger partial charge on any atom is 0.508 e. The lowest BCUT2D eigenvalue weighted by Crippen LogP contribution is -2.56. The van der Waals surface area contributed by atoms with Gasteiger partial charge in [0.05, 0.1) is 0 Å². The topological polar surface area (TPSA) is 158 Å². The van der Waals surface area contributed by atoms with Crippen LogP contribution < -0.4 is 0 Å². The summed E-state index contributed by atoms with van der Waals surface area (Å²) in [5, 5.41) is 32.8. The van der Waals surface area contributed by atoms with Gasteiger partial charge in [-0.1, -0.05) is 0 Å². The minimum Gasteiger partial charge on any atom is -0.477 e. The van der Waals surface area contributed by atoms with Crippen LogP contribution >= 0.6 is 0 Å². The van der Waals surface area contributed by atoms with E-state index in [0.29, 0.717) is 0 Å². The van der Waals surface area contributed by atoms with E-state index in [9.17, 15) is 19.2 Å². The quantitative estimate of drug-likeness (QED) is 0.324. The van der Waals surface area contributed by atoms with Crippen molar-refractivity contribution in [2.24, 2.45) is 0 Å². The highest BCUT2D eigenvalue weighted by Crippen LogP contribution is 2.13. The van der Waals surface area contributed by atoms with E-state index < -0.39 is 29.7 Å². The molecule has 0 spiro atoms. The lowest BCUT2D eigenvalue weighted by atomic mass is 10.1. The van der Waals surface area contributed by atoms with E-state index in [1.165, 1.54) is 0 Å². The van der Waals surface area contributed by atoms with Crippen molar-refractivity contribution in [1.29, 1.82) is 0 Å². The van der Waals surface area contributed by atoms with Crippen LogP contribution in [0.1, 0.15) is 0 Å². The summed E-state index contributed by atoms with van der Waals surface area (Å²) in [5.41, 5.74) is -3.83. The van der Waals surface area contributed by atoms with Crippen LogP contribution in [0.2, 0.25) is 0 Å². The van der Waals surface area contributed by atoms with Gasteiger partial charge in [0.25, 0.3) is 0 Å². The van der Waals surface area contributed by atoms with Crippen molar-refractivity contribution >= 4 is 24.1 Å². The normalized spacial score (nSPS) is 10.3. The SMILES string of the molecule is O=C(O)OC(C(=O)O)(C(=O)O)C(=O)O. The smallest absolute Gasteiger partial charge is 0.477 e. The summed E-state index contributed by atoms with van der Waals surface area (Å²) < 4.78 is 3.34. The molecule has 0 aromatic rings. The van der Waals surface area contributed by atoms with Gasteiger partial charge in [-0.3, -0.25) is 0 Å². The van der Waals surface area contributed by atoms with Crippen LogP contribution in [0.15, 0.2) is 0 Å². The Bertz CT molecular complexity index is 266. The summed E-state index contributed by atoms with van der Waals surface area (Å²) in [6.45, 7) is 0. The number of carboxylic acid groups (broad SMARTS) is 4. The standard InChI is InChI=1S/C5H4O9/c6-1(7)5(2(8)9,3(10)11)14-4(12)13/h(H,6,7)(H,8,9)(H,10,11)(H,12,13). The van der Waals surface area contributed by atoms with Gasteiger partial charge in [-0.15, -0.1) is 0 Å². The maximum atomic E-state index is 10.3. The van der Waals surface area contributed by atoms with E-state index in [0.717, 1.165) is 0 Å². The molecule has 0 saturated heterocycles. The zero-order valence-electron chi connectivity index (χ0n) is 6.33.